The zero-order chi connectivity index (χ0) is 18.3. The van der Waals surface area contributed by atoms with Crippen molar-refractivity contribution in [1.29, 1.82) is 0 Å². The van der Waals surface area contributed by atoms with Gasteiger partial charge in [-0.15, -0.1) is 28.3 Å². The highest BCUT2D eigenvalue weighted by Gasteiger charge is 2.33. The molecule has 0 spiro atoms. The summed E-state index contributed by atoms with van der Waals surface area (Å²) in [5, 5.41) is 3.20. The lowest BCUT2D eigenvalue weighted by Crippen LogP contribution is -2.33. The summed E-state index contributed by atoms with van der Waals surface area (Å²) in [5.74, 6) is 0.515. The number of nitrogen functional groups attached to an aromatic ring is 1. The van der Waals surface area contributed by atoms with Crippen LogP contribution in [0.3, 0.4) is 0 Å². The molecule has 2 aromatic rings. The van der Waals surface area contributed by atoms with Gasteiger partial charge in [0, 0.05) is 29.9 Å². The van der Waals surface area contributed by atoms with Crippen LogP contribution in [-0.2, 0) is 16.0 Å². The lowest BCUT2D eigenvalue weighted by molar-refractivity contribution is -0.119. The van der Waals surface area contributed by atoms with Crippen molar-refractivity contribution in [1.82, 2.24) is 10.3 Å². The molecule has 2 aliphatic heterocycles. The number of nitrogens with two attached hydrogens (primary N) is 1. The fourth-order valence-corrected chi connectivity index (χ4v) is 3.92. The van der Waals surface area contributed by atoms with E-state index in [-0.39, 0.29) is 29.0 Å². The van der Waals surface area contributed by atoms with Crippen molar-refractivity contribution >= 4 is 51.1 Å². The van der Waals surface area contributed by atoms with Gasteiger partial charge in [-0.05, 0) is 12.1 Å². The van der Waals surface area contributed by atoms with Crippen molar-refractivity contribution in [2.24, 2.45) is 0 Å². The summed E-state index contributed by atoms with van der Waals surface area (Å²) in [6.07, 6.45) is -0.0674. The Morgan fingerprint density at radius 1 is 1.48 bits per heavy atom. The molecule has 1 fully saturated rings. The summed E-state index contributed by atoms with van der Waals surface area (Å²) in [6.45, 7) is 2.62. The molecule has 4 rings (SSSR count). The Hall–Kier alpha value is -2.33. The van der Waals surface area contributed by atoms with E-state index in [1.807, 2.05) is 18.2 Å². The highest BCUT2D eigenvalue weighted by atomic mass is 79.9. The van der Waals surface area contributed by atoms with Crippen molar-refractivity contribution < 1.29 is 19.1 Å². The monoisotopic (exact) mass is 454 g/mol. The summed E-state index contributed by atoms with van der Waals surface area (Å²) in [4.78, 5) is 30.3. The first kappa shape index (κ1) is 19.4. The largest absolute Gasteiger partial charge is 0.492 e. The third kappa shape index (κ3) is 3.86. The van der Waals surface area contributed by atoms with Crippen LogP contribution in [0.25, 0.3) is 11.3 Å². The predicted molar refractivity (Wildman–Crippen MR) is 108 cm³/mol. The highest BCUT2D eigenvalue weighted by Crippen LogP contribution is 2.40. The molecule has 10 heteroatoms. The van der Waals surface area contributed by atoms with E-state index in [1.165, 1.54) is 23.2 Å². The quantitative estimate of drug-likeness (QED) is 0.736. The number of carbonyl (C=O) groups is 2. The van der Waals surface area contributed by atoms with Crippen LogP contribution in [-0.4, -0.2) is 42.8 Å². The first-order valence-corrected chi connectivity index (χ1v) is 9.08. The number of hydrogen-bond donors (Lipinski definition) is 2. The van der Waals surface area contributed by atoms with Crippen molar-refractivity contribution in [3.63, 3.8) is 0 Å². The Morgan fingerprint density at radius 3 is 3.07 bits per heavy atom. The summed E-state index contributed by atoms with van der Waals surface area (Å²) in [7, 11) is 0. The van der Waals surface area contributed by atoms with Crippen LogP contribution in [0.2, 0.25) is 0 Å². The molecule has 2 aliphatic rings. The topological polar surface area (TPSA) is 107 Å². The molecule has 1 saturated heterocycles. The number of rotatable bonds is 3. The van der Waals surface area contributed by atoms with Gasteiger partial charge in [-0.1, -0.05) is 0 Å². The van der Waals surface area contributed by atoms with Gasteiger partial charge in [-0.25, -0.2) is 9.78 Å². The van der Waals surface area contributed by atoms with Crippen molar-refractivity contribution in [3.05, 3.63) is 23.1 Å². The Bertz CT molecular complexity index is 888. The maximum Gasteiger partial charge on any atom is 0.414 e. The van der Waals surface area contributed by atoms with Gasteiger partial charge < -0.3 is 20.5 Å². The van der Waals surface area contributed by atoms with Crippen LogP contribution in [0.1, 0.15) is 11.8 Å². The van der Waals surface area contributed by atoms with E-state index in [0.29, 0.717) is 36.3 Å². The number of anilines is 2. The van der Waals surface area contributed by atoms with Crippen LogP contribution in [0.15, 0.2) is 18.2 Å². The minimum atomic E-state index is -0.437. The zero-order valence-electron chi connectivity index (χ0n) is 14.6. The Morgan fingerprint density at radius 2 is 2.30 bits per heavy atom. The van der Waals surface area contributed by atoms with Gasteiger partial charge in [0.15, 0.2) is 5.13 Å². The molecular formula is C17H19BrN4O4S. The lowest BCUT2D eigenvalue weighted by Gasteiger charge is -2.16. The lowest BCUT2D eigenvalue weighted by atomic mass is 10.1. The molecule has 1 aromatic heterocycles. The fraction of sp³-hybridized carbons (Fsp3) is 0.353. The van der Waals surface area contributed by atoms with Crippen LogP contribution >= 0.6 is 28.3 Å². The second-order valence-corrected chi connectivity index (χ2v) is 7.27. The van der Waals surface area contributed by atoms with Gasteiger partial charge in [0.1, 0.15) is 11.9 Å². The Kier molecular flexibility index (Phi) is 5.56. The van der Waals surface area contributed by atoms with E-state index in [4.69, 9.17) is 15.2 Å². The average Bonchev–Trinajstić information content (AvgIpc) is 3.11. The Balaban J connectivity index is 0.00000210. The third-order valence-electron chi connectivity index (χ3n) is 4.29. The smallest absolute Gasteiger partial charge is 0.414 e. The van der Waals surface area contributed by atoms with E-state index in [2.05, 4.69) is 10.3 Å². The molecule has 0 radical (unpaired) electrons. The molecule has 27 heavy (non-hydrogen) atoms. The van der Waals surface area contributed by atoms with Crippen LogP contribution in [0, 0.1) is 0 Å². The standard InChI is InChI=1S/C17H18N4O4S.BrH/c1-9(22)19-7-11-8-21(17(23)25-11)10-2-3-12-13(6-10)24-5-4-14-15(12)20-16(18)26-14;/h2-3,6,11H,4-5,7-8H2,1H3,(H2,18,20)(H,19,22);1H. The summed E-state index contributed by atoms with van der Waals surface area (Å²) in [5.41, 5.74) is 8.25. The van der Waals surface area contributed by atoms with Gasteiger partial charge >= 0.3 is 6.09 Å². The molecule has 3 N–H and O–H groups in total. The molecule has 144 valence electrons. The van der Waals surface area contributed by atoms with Crippen molar-refractivity contribution in [3.8, 4) is 17.0 Å². The van der Waals surface area contributed by atoms with E-state index in [9.17, 15) is 9.59 Å². The molecule has 1 unspecified atom stereocenters. The third-order valence-corrected chi connectivity index (χ3v) is 5.23. The molecule has 1 atom stereocenters. The van der Waals surface area contributed by atoms with Crippen LogP contribution in [0.5, 0.6) is 5.75 Å². The molecular weight excluding hydrogens is 436 g/mol. The second kappa shape index (κ2) is 7.73. The molecule has 2 amide bonds. The van der Waals surface area contributed by atoms with Crippen molar-refractivity contribution in [2.45, 2.75) is 19.4 Å². The fourth-order valence-electron chi connectivity index (χ4n) is 3.09. The second-order valence-electron chi connectivity index (χ2n) is 6.16. The van der Waals surface area contributed by atoms with Gasteiger partial charge in [0.2, 0.25) is 5.91 Å². The molecule has 1 aromatic carbocycles. The Labute approximate surface area is 170 Å². The summed E-state index contributed by atoms with van der Waals surface area (Å²) in [6, 6.07) is 5.55. The van der Waals surface area contributed by atoms with E-state index >= 15 is 0 Å². The minimum absolute atomic E-state index is 0. The maximum absolute atomic E-state index is 12.2. The average molecular weight is 455 g/mol. The SMILES string of the molecule is Br.CC(=O)NCC1CN(c2ccc3c(c2)OCCc2sc(N)nc2-3)C(=O)O1. The van der Waals surface area contributed by atoms with E-state index in [0.717, 1.165) is 22.6 Å². The van der Waals surface area contributed by atoms with E-state index in [1.54, 1.807) is 0 Å². The summed E-state index contributed by atoms with van der Waals surface area (Å²) < 4.78 is 11.2. The van der Waals surface area contributed by atoms with Gasteiger partial charge in [-0.2, -0.15) is 0 Å². The van der Waals surface area contributed by atoms with Gasteiger partial charge in [0.05, 0.1) is 31.1 Å². The predicted octanol–water partition coefficient (Wildman–Crippen LogP) is 2.37. The highest BCUT2D eigenvalue weighted by molar-refractivity contribution is 8.93. The first-order chi connectivity index (χ1) is 12.5. The number of ether oxygens (including phenoxy) is 2. The summed E-state index contributed by atoms with van der Waals surface area (Å²) >= 11 is 1.47. The minimum Gasteiger partial charge on any atom is -0.492 e. The normalized spacial score (nSPS) is 17.7. The van der Waals surface area contributed by atoms with Gasteiger partial charge in [-0.3, -0.25) is 9.69 Å². The van der Waals surface area contributed by atoms with Crippen molar-refractivity contribution in [2.75, 3.05) is 30.3 Å². The van der Waals surface area contributed by atoms with Gasteiger partial charge in [0.25, 0.3) is 0 Å². The number of benzene rings is 1. The molecule has 8 nitrogen and oxygen atoms in total. The first-order valence-electron chi connectivity index (χ1n) is 8.26. The number of amides is 2. The number of aromatic nitrogens is 1. The van der Waals surface area contributed by atoms with Crippen LogP contribution < -0.4 is 20.7 Å². The van der Waals surface area contributed by atoms with Crippen LogP contribution in [0.4, 0.5) is 15.6 Å². The maximum atomic E-state index is 12.2. The zero-order valence-corrected chi connectivity index (χ0v) is 17.1. The number of hydrogen-bond acceptors (Lipinski definition) is 7. The number of nitrogens with zero attached hydrogens (tertiary/aromatic N) is 2. The molecule has 3 heterocycles. The molecule has 0 saturated carbocycles. The number of nitrogens with one attached hydrogen (secondary N) is 1. The number of thiazole rings is 1. The van der Waals surface area contributed by atoms with E-state index < -0.39 is 6.09 Å². The number of cyclic esters (lactones) is 1. The number of halogens is 1. The molecule has 0 aliphatic carbocycles. The molecule has 0 bridgehead atoms. The number of carbonyl (C=O) groups excluding carboxylic acids is 2. The number of fused-ring (bicyclic) bond motifs is 3.